The lowest BCUT2D eigenvalue weighted by molar-refractivity contribution is -0.128. The highest BCUT2D eigenvalue weighted by Gasteiger charge is 2.20. The molecule has 0 spiro atoms. The Bertz CT molecular complexity index is 860. The van der Waals surface area contributed by atoms with Crippen LogP contribution in [0.1, 0.15) is 37.4 Å². The molecule has 0 fully saturated rings. The van der Waals surface area contributed by atoms with Crippen molar-refractivity contribution < 1.29 is 17.9 Å². The van der Waals surface area contributed by atoms with Crippen molar-refractivity contribution in [1.29, 1.82) is 0 Å². The van der Waals surface area contributed by atoms with Gasteiger partial charge in [0.25, 0.3) is 5.91 Å². The minimum atomic E-state index is -3.23. The smallest absolute Gasteiger partial charge is 0.261 e. The van der Waals surface area contributed by atoms with Gasteiger partial charge in [0.1, 0.15) is 5.75 Å². The van der Waals surface area contributed by atoms with E-state index >= 15 is 0 Å². The first-order chi connectivity index (χ1) is 12.2. The van der Waals surface area contributed by atoms with Crippen molar-refractivity contribution in [3.8, 4) is 5.75 Å². The first-order valence-electron chi connectivity index (χ1n) is 8.55. The summed E-state index contributed by atoms with van der Waals surface area (Å²) in [6.07, 6.45) is 1.22. The lowest BCUT2D eigenvalue weighted by Crippen LogP contribution is -2.38. The van der Waals surface area contributed by atoms with Gasteiger partial charge in [-0.25, -0.2) is 8.42 Å². The van der Waals surface area contributed by atoms with Crippen LogP contribution < -0.4 is 10.1 Å². The summed E-state index contributed by atoms with van der Waals surface area (Å²) in [7, 11) is -3.23. The average molecular weight is 375 g/mol. The molecule has 0 bridgehead atoms. The van der Waals surface area contributed by atoms with Crippen LogP contribution in [0.3, 0.4) is 0 Å². The summed E-state index contributed by atoms with van der Waals surface area (Å²) in [5, 5.41) is 2.97. The minimum absolute atomic E-state index is 0.209. The number of amides is 1. The molecule has 140 valence electrons. The van der Waals surface area contributed by atoms with E-state index in [9.17, 15) is 13.2 Å². The molecule has 0 aliphatic carbocycles. The minimum Gasteiger partial charge on any atom is -0.481 e. The predicted octanol–water partition coefficient (Wildman–Crippen LogP) is 3.43. The molecule has 1 amide bonds. The fraction of sp³-hybridized carbons (Fsp3) is 0.350. The van der Waals surface area contributed by atoms with Gasteiger partial charge in [-0.15, -0.1) is 0 Å². The van der Waals surface area contributed by atoms with Crippen molar-refractivity contribution in [2.75, 3.05) is 6.26 Å². The Kier molecular flexibility index (Phi) is 6.42. The van der Waals surface area contributed by atoms with Crippen LogP contribution in [-0.4, -0.2) is 26.7 Å². The Morgan fingerprint density at radius 1 is 1.12 bits per heavy atom. The molecule has 0 aliphatic heterocycles. The molecule has 26 heavy (non-hydrogen) atoms. The number of benzene rings is 2. The monoisotopic (exact) mass is 375 g/mol. The zero-order chi connectivity index (χ0) is 19.3. The molecule has 0 saturated carbocycles. The molecule has 1 N–H and O–H groups in total. The van der Waals surface area contributed by atoms with E-state index < -0.39 is 15.9 Å². The SMILES string of the molecule is CCC(NC(=O)C(C)Oc1ccccc1C)c1ccc(S(C)(=O)=O)cc1. The molecule has 0 aromatic heterocycles. The summed E-state index contributed by atoms with van der Waals surface area (Å²) in [5.74, 6) is 0.466. The summed E-state index contributed by atoms with van der Waals surface area (Å²) in [4.78, 5) is 12.8. The van der Waals surface area contributed by atoms with Gasteiger partial charge in [0, 0.05) is 6.26 Å². The number of para-hydroxylation sites is 1. The maximum Gasteiger partial charge on any atom is 0.261 e. The van der Waals surface area contributed by atoms with Crippen molar-refractivity contribution in [2.45, 2.75) is 44.2 Å². The Hall–Kier alpha value is -2.34. The Morgan fingerprint density at radius 3 is 2.27 bits per heavy atom. The average Bonchev–Trinajstić information content (AvgIpc) is 2.60. The van der Waals surface area contributed by atoms with Gasteiger partial charge in [0.2, 0.25) is 0 Å². The number of nitrogens with one attached hydrogen (secondary N) is 1. The van der Waals surface area contributed by atoms with Gasteiger partial charge >= 0.3 is 0 Å². The number of hydrogen-bond donors (Lipinski definition) is 1. The van der Waals surface area contributed by atoms with Crippen LogP contribution in [0.25, 0.3) is 0 Å². The van der Waals surface area contributed by atoms with Crippen molar-refractivity contribution in [1.82, 2.24) is 5.32 Å². The van der Waals surface area contributed by atoms with Gasteiger partial charge in [-0.1, -0.05) is 37.3 Å². The molecule has 2 rings (SSSR count). The highest BCUT2D eigenvalue weighted by Crippen LogP contribution is 2.21. The lowest BCUT2D eigenvalue weighted by Gasteiger charge is -2.21. The number of aryl methyl sites for hydroxylation is 1. The van der Waals surface area contributed by atoms with Gasteiger partial charge in [0.05, 0.1) is 10.9 Å². The van der Waals surface area contributed by atoms with Crippen molar-refractivity contribution >= 4 is 15.7 Å². The van der Waals surface area contributed by atoms with Gasteiger partial charge < -0.3 is 10.1 Å². The van der Waals surface area contributed by atoms with E-state index in [1.807, 2.05) is 38.1 Å². The van der Waals surface area contributed by atoms with E-state index in [1.165, 1.54) is 6.26 Å². The molecule has 2 aromatic rings. The maximum absolute atomic E-state index is 12.5. The molecule has 2 aromatic carbocycles. The number of rotatable bonds is 7. The van der Waals surface area contributed by atoms with Crippen LogP contribution in [0, 0.1) is 6.92 Å². The molecule has 0 saturated heterocycles. The third-order valence-corrected chi connectivity index (χ3v) is 5.33. The summed E-state index contributed by atoms with van der Waals surface area (Å²) in [6, 6.07) is 13.9. The fourth-order valence-corrected chi connectivity index (χ4v) is 3.22. The predicted molar refractivity (Wildman–Crippen MR) is 102 cm³/mol. The first-order valence-corrected chi connectivity index (χ1v) is 10.4. The molecule has 0 heterocycles. The zero-order valence-electron chi connectivity index (χ0n) is 15.5. The normalized spacial score (nSPS) is 13.7. The topological polar surface area (TPSA) is 72.5 Å². The van der Waals surface area contributed by atoms with Gasteiger partial charge in [-0.05, 0) is 49.6 Å². The van der Waals surface area contributed by atoms with Crippen molar-refractivity contribution in [3.63, 3.8) is 0 Å². The highest BCUT2D eigenvalue weighted by molar-refractivity contribution is 7.90. The standard InChI is InChI=1S/C20H25NO4S/c1-5-18(16-10-12-17(13-11-16)26(4,23)24)21-20(22)15(3)25-19-9-7-6-8-14(19)2/h6-13,15,18H,5H2,1-4H3,(H,21,22). The van der Waals surface area contributed by atoms with E-state index in [0.717, 1.165) is 11.1 Å². The molecule has 2 unspecified atom stereocenters. The van der Waals surface area contributed by atoms with E-state index in [0.29, 0.717) is 12.2 Å². The maximum atomic E-state index is 12.5. The third kappa shape index (κ3) is 5.08. The summed E-state index contributed by atoms with van der Waals surface area (Å²) in [6.45, 7) is 5.60. The second-order valence-corrected chi connectivity index (χ2v) is 8.35. The van der Waals surface area contributed by atoms with Gasteiger partial charge in [0.15, 0.2) is 15.9 Å². The summed E-state index contributed by atoms with van der Waals surface area (Å²) < 4.78 is 28.9. The van der Waals surface area contributed by atoms with Crippen LogP contribution in [-0.2, 0) is 14.6 Å². The van der Waals surface area contributed by atoms with Crippen LogP contribution >= 0.6 is 0 Å². The lowest BCUT2D eigenvalue weighted by atomic mass is 10.0. The zero-order valence-corrected chi connectivity index (χ0v) is 16.3. The van der Waals surface area contributed by atoms with Gasteiger partial charge in [-0.3, -0.25) is 4.79 Å². The summed E-state index contributed by atoms with van der Waals surface area (Å²) >= 11 is 0. The quantitative estimate of drug-likeness (QED) is 0.805. The number of carbonyl (C=O) groups excluding carboxylic acids is 1. The van der Waals surface area contributed by atoms with E-state index in [1.54, 1.807) is 31.2 Å². The Balaban J connectivity index is 2.06. The van der Waals surface area contributed by atoms with E-state index in [4.69, 9.17) is 4.74 Å². The largest absolute Gasteiger partial charge is 0.481 e. The molecular formula is C20H25NO4S. The number of hydrogen-bond acceptors (Lipinski definition) is 4. The highest BCUT2D eigenvalue weighted by atomic mass is 32.2. The first kappa shape index (κ1) is 20.0. The van der Waals surface area contributed by atoms with Crippen LogP contribution in [0.5, 0.6) is 5.75 Å². The summed E-state index contributed by atoms with van der Waals surface area (Å²) in [5.41, 5.74) is 1.83. The van der Waals surface area contributed by atoms with Gasteiger partial charge in [-0.2, -0.15) is 0 Å². The third-order valence-electron chi connectivity index (χ3n) is 4.20. The fourth-order valence-electron chi connectivity index (χ4n) is 2.59. The van der Waals surface area contributed by atoms with E-state index in [2.05, 4.69) is 5.32 Å². The molecule has 5 nitrogen and oxygen atoms in total. The van der Waals surface area contributed by atoms with Crippen LogP contribution in [0.4, 0.5) is 0 Å². The molecule has 2 atom stereocenters. The second-order valence-electron chi connectivity index (χ2n) is 6.34. The van der Waals surface area contributed by atoms with Crippen molar-refractivity contribution in [3.05, 3.63) is 59.7 Å². The number of ether oxygens (including phenoxy) is 1. The van der Waals surface area contributed by atoms with Crippen molar-refractivity contribution in [2.24, 2.45) is 0 Å². The molecule has 0 radical (unpaired) electrons. The van der Waals surface area contributed by atoms with Crippen LogP contribution in [0.15, 0.2) is 53.4 Å². The number of carbonyl (C=O) groups is 1. The second kappa shape index (κ2) is 8.36. The Morgan fingerprint density at radius 2 is 1.73 bits per heavy atom. The molecule has 6 heteroatoms. The van der Waals surface area contributed by atoms with E-state index in [-0.39, 0.29) is 16.8 Å². The van der Waals surface area contributed by atoms with Crippen LogP contribution in [0.2, 0.25) is 0 Å². The number of sulfone groups is 1. The molecule has 0 aliphatic rings. The molecular weight excluding hydrogens is 350 g/mol. The Labute approximate surface area is 155 Å².